The fourth-order valence-corrected chi connectivity index (χ4v) is 6.64. The molecule has 2 aromatic heterocycles. The maximum absolute atomic E-state index is 13.1. The number of amides is 1. The lowest BCUT2D eigenvalue weighted by atomic mass is 9.98. The van der Waals surface area contributed by atoms with Gasteiger partial charge in [0, 0.05) is 68.8 Å². The summed E-state index contributed by atoms with van der Waals surface area (Å²) in [6.07, 6.45) is 3.36. The molecule has 1 saturated heterocycles. The summed E-state index contributed by atoms with van der Waals surface area (Å²) >= 11 is 13.9. The van der Waals surface area contributed by atoms with Crippen molar-refractivity contribution in [2.45, 2.75) is 25.0 Å². The molecule has 4 aromatic rings. The van der Waals surface area contributed by atoms with E-state index in [2.05, 4.69) is 16.3 Å². The number of carbonyl (C=O) groups is 1. The minimum atomic E-state index is -0.707. The Morgan fingerprint density at radius 2 is 1.68 bits per heavy atom. The minimum Gasteiger partial charge on any atom is -0.481 e. The molecule has 44 heavy (non-hydrogen) atoms. The van der Waals surface area contributed by atoms with Crippen molar-refractivity contribution in [1.29, 1.82) is 0 Å². The summed E-state index contributed by atoms with van der Waals surface area (Å²) in [5, 5.41) is 3.39. The number of halogens is 2. The van der Waals surface area contributed by atoms with Crippen LogP contribution in [0.15, 0.2) is 58.3 Å². The molecular formula is C32H31Cl2N5O5. The molecule has 10 nitrogen and oxygen atoms in total. The quantitative estimate of drug-likeness (QED) is 0.314. The molecule has 1 aliphatic heterocycles. The average Bonchev–Trinajstić information content (AvgIpc) is 3.42. The van der Waals surface area contributed by atoms with E-state index in [1.807, 2.05) is 18.2 Å². The Kier molecular flexibility index (Phi) is 8.10. The highest BCUT2D eigenvalue weighted by molar-refractivity contribution is 6.39. The number of hydrogen-bond acceptors (Lipinski definition) is 7. The molecule has 12 heteroatoms. The topological polar surface area (TPSA) is 108 Å². The van der Waals surface area contributed by atoms with E-state index in [0.717, 1.165) is 41.6 Å². The molecule has 0 spiro atoms. The molecular weight excluding hydrogens is 605 g/mol. The molecule has 228 valence electrons. The maximum Gasteiger partial charge on any atom is 0.330 e. The first-order valence-corrected chi connectivity index (χ1v) is 14.9. The molecule has 6 rings (SSSR count). The molecule has 2 aromatic carbocycles. The van der Waals surface area contributed by atoms with Crippen molar-refractivity contribution in [2.75, 3.05) is 32.6 Å². The van der Waals surface area contributed by atoms with Crippen LogP contribution < -0.4 is 21.3 Å². The summed E-state index contributed by atoms with van der Waals surface area (Å²) < 4.78 is 13.3. The summed E-state index contributed by atoms with van der Waals surface area (Å²) in [7, 11) is 6.17. The zero-order valence-corrected chi connectivity index (χ0v) is 26.2. The van der Waals surface area contributed by atoms with Crippen molar-refractivity contribution in [3.8, 4) is 28.3 Å². The van der Waals surface area contributed by atoms with Crippen LogP contribution in [0.1, 0.15) is 33.9 Å². The Balaban J connectivity index is 1.33. The van der Waals surface area contributed by atoms with Gasteiger partial charge in [-0.1, -0.05) is 53.5 Å². The zero-order chi connectivity index (χ0) is 31.3. The van der Waals surface area contributed by atoms with Crippen LogP contribution >= 0.6 is 23.2 Å². The second-order valence-electron chi connectivity index (χ2n) is 11.0. The van der Waals surface area contributed by atoms with E-state index in [9.17, 15) is 14.4 Å². The second-order valence-corrected chi connectivity index (χ2v) is 11.8. The lowest BCUT2D eigenvalue weighted by molar-refractivity contribution is -0.0514. The van der Waals surface area contributed by atoms with Crippen molar-refractivity contribution in [1.82, 2.24) is 19.0 Å². The summed E-state index contributed by atoms with van der Waals surface area (Å²) in [5.41, 5.74) is 3.81. The van der Waals surface area contributed by atoms with Gasteiger partial charge in [-0.3, -0.25) is 19.1 Å². The van der Waals surface area contributed by atoms with E-state index >= 15 is 0 Å². The minimum absolute atomic E-state index is 0.192. The highest BCUT2D eigenvalue weighted by Gasteiger charge is 2.39. The number of rotatable bonds is 7. The van der Waals surface area contributed by atoms with Gasteiger partial charge in [-0.2, -0.15) is 0 Å². The van der Waals surface area contributed by atoms with Crippen molar-refractivity contribution in [2.24, 2.45) is 14.1 Å². The van der Waals surface area contributed by atoms with Crippen molar-refractivity contribution < 1.29 is 14.3 Å². The lowest BCUT2D eigenvalue weighted by Crippen LogP contribution is -2.52. The van der Waals surface area contributed by atoms with E-state index in [4.69, 9.17) is 37.7 Å². The smallest absolute Gasteiger partial charge is 0.330 e. The number of pyridine rings is 1. The van der Waals surface area contributed by atoms with Gasteiger partial charge < -0.3 is 19.4 Å². The molecule has 0 saturated carbocycles. The van der Waals surface area contributed by atoms with Gasteiger partial charge in [0.25, 0.3) is 11.5 Å². The van der Waals surface area contributed by atoms with Gasteiger partial charge in [0.1, 0.15) is 5.56 Å². The molecule has 0 unspecified atom stereocenters. The third kappa shape index (κ3) is 5.11. The van der Waals surface area contributed by atoms with Crippen LogP contribution in [0.4, 0.5) is 5.69 Å². The fraction of sp³-hybridized carbons (Fsp3) is 0.312. The van der Waals surface area contributed by atoms with Gasteiger partial charge in [-0.05, 0) is 30.5 Å². The molecule has 0 bridgehead atoms. The number of carbonyl (C=O) groups excluding carboxylic acids is 1. The van der Waals surface area contributed by atoms with Crippen molar-refractivity contribution >= 4 is 34.8 Å². The number of nitrogens with zero attached hydrogens (tertiary/aromatic N) is 4. The van der Waals surface area contributed by atoms with Gasteiger partial charge in [0.15, 0.2) is 0 Å². The first kappa shape index (κ1) is 30.1. The van der Waals surface area contributed by atoms with Crippen LogP contribution in [0, 0.1) is 0 Å². The monoisotopic (exact) mass is 635 g/mol. The first-order chi connectivity index (χ1) is 21.1. The summed E-state index contributed by atoms with van der Waals surface area (Å²) in [5.74, 6) is -0.0987. The third-order valence-corrected chi connectivity index (χ3v) is 9.29. The molecule has 1 atom stereocenters. The molecule has 3 heterocycles. The van der Waals surface area contributed by atoms with Gasteiger partial charge in [0.2, 0.25) is 5.88 Å². The third-order valence-electron chi connectivity index (χ3n) is 8.48. The number of likely N-dealkylation sites (tertiary alicyclic amines) is 1. The Labute approximate surface area is 263 Å². The normalized spacial score (nSPS) is 16.5. The van der Waals surface area contributed by atoms with Gasteiger partial charge >= 0.3 is 5.69 Å². The standard InChI is InChI=1S/C32H31Cl2N5O5/c1-37-16-22(31(41)38(2)32(37)42)29(40)35-23-10-6-8-20(28(23)34)19-7-5-9-21(27(19)33)24-13-17-11-12-25(26(17)30(36-24)44-4)39-14-18(15-39)43-3/h5-10,13,16,18,25H,11-12,14-15H2,1-4H3,(H,35,40)/t25-/m1/s1. The SMILES string of the molecule is COc1nc(-c2cccc(-c3cccc(NC(=O)c4cn(C)c(=O)n(C)c4=O)c3Cl)c2Cl)cc2c1[C@H](N1CC(OC)C1)CC2. The number of aromatic nitrogens is 3. The largest absolute Gasteiger partial charge is 0.481 e. The number of benzene rings is 2. The number of fused-ring (bicyclic) bond motifs is 1. The average molecular weight is 637 g/mol. The van der Waals surface area contributed by atoms with Crippen LogP contribution in [-0.4, -0.2) is 58.3 Å². The Morgan fingerprint density at radius 1 is 1.00 bits per heavy atom. The van der Waals surface area contributed by atoms with E-state index in [1.165, 1.54) is 30.4 Å². The van der Waals surface area contributed by atoms with Gasteiger partial charge in [-0.15, -0.1) is 0 Å². The van der Waals surface area contributed by atoms with E-state index in [0.29, 0.717) is 27.7 Å². The maximum atomic E-state index is 13.1. The molecule has 2 aliphatic rings. The Morgan fingerprint density at radius 3 is 2.39 bits per heavy atom. The van der Waals surface area contributed by atoms with Crippen LogP contribution in [0.3, 0.4) is 0 Å². The highest BCUT2D eigenvalue weighted by Crippen LogP contribution is 2.46. The number of nitrogens with one attached hydrogen (secondary N) is 1. The molecule has 1 aliphatic carbocycles. The van der Waals surface area contributed by atoms with Crippen molar-refractivity contribution in [3.63, 3.8) is 0 Å². The predicted octanol–water partition coefficient (Wildman–Crippen LogP) is 4.70. The van der Waals surface area contributed by atoms with Crippen LogP contribution in [0.2, 0.25) is 10.0 Å². The summed E-state index contributed by atoms with van der Waals surface area (Å²) in [4.78, 5) is 45.0. The number of aryl methyl sites for hydroxylation is 2. The van der Waals surface area contributed by atoms with E-state index < -0.39 is 17.2 Å². The van der Waals surface area contributed by atoms with E-state index in [1.54, 1.807) is 32.4 Å². The molecule has 1 amide bonds. The number of ether oxygens (including phenoxy) is 2. The number of hydrogen-bond donors (Lipinski definition) is 1. The number of methoxy groups -OCH3 is 2. The first-order valence-electron chi connectivity index (χ1n) is 14.1. The summed E-state index contributed by atoms with van der Waals surface area (Å²) in [6, 6.07) is 13.1. The van der Waals surface area contributed by atoms with Crippen LogP contribution in [-0.2, 0) is 25.3 Å². The lowest BCUT2D eigenvalue weighted by Gasteiger charge is -2.42. The fourth-order valence-electron chi connectivity index (χ4n) is 6.04. The van der Waals surface area contributed by atoms with Crippen LogP contribution in [0.5, 0.6) is 5.88 Å². The van der Waals surface area contributed by atoms with Gasteiger partial charge in [-0.25, -0.2) is 9.78 Å². The molecule has 0 radical (unpaired) electrons. The van der Waals surface area contributed by atoms with Crippen molar-refractivity contribution in [3.05, 3.63) is 96.2 Å². The molecule has 1 fully saturated rings. The second kappa shape index (κ2) is 11.9. The molecule has 1 N–H and O–H groups in total. The predicted molar refractivity (Wildman–Crippen MR) is 170 cm³/mol. The number of anilines is 1. The Bertz CT molecular complexity index is 1910. The summed E-state index contributed by atoms with van der Waals surface area (Å²) in [6.45, 7) is 1.78. The van der Waals surface area contributed by atoms with Crippen LogP contribution in [0.25, 0.3) is 22.4 Å². The van der Waals surface area contributed by atoms with E-state index in [-0.39, 0.29) is 28.4 Å². The highest BCUT2D eigenvalue weighted by atomic mass is 35.5. The zero-order valence-electron chi connectivity index (χ0n) is 24.7. The Hall–Kier alpha value is -3.96. The van der Waals surface area contributed by atoms with Gasteiger partial charge in [0.05, 0.1) is 34.6 Å².